The minimum Gasteiger partial charge on any atom is -0.480 e. The van der Waals surface area contributed by atoms with Crippen molar-refractivity contribution in [1.29, 1.82) is 0 Å². The lowest BCUT2D eigenvalue weighted by atomic mass is 10.0. The smallest absolute Gasteiger partial charge is 0.326 e. The number of hydrogen-bond donors (Lipinski definition) is 4. The molecule has 0 saturated carbocycles. The van der Waals surface area contributed by atoms with E-state index in [4.69, 9.17) is 10.2 Å². The summed E-state index contributed by atoms with van der Waals surface area (Å²) in [4.78, 5) is 67.0. The molecule has 1 heterocycles. The highest BCUT2D eigenvalue weighted by Gasteiger charge is 2.40. The number of likely N-dealkylation sites (tertiary alicyclic amines) is 1. The highest BCUT2D eigenvalue weighted by molar-refractivity contribution is 6.74. The van der Waals surface area contributed by atoms with Crippen molar-refractivity contribution in [1.82, 2.24) is 15.5 Å². The summed E-state index contributed by atoms with van der Waals surface area (Å²) in [6, 6.07) is 14.5. The fourth-order valence-corrected chi connectivity index (χ4v) is 7.38. The largest absolute Gasteiger partial charge is 0.480 e. The number of nitrogens with two attached hydrogens (primary N) is 1. The number of rotatable bonds is 19. The maximum Gasteiger partial charge on any atom is 0.326 e. The molecule has 1 aliphatic heterocycles. The van der Waals surface area contributed by atoms with Crippen molar-refractivity contribution >= 4 is 37.8 Å². The van der Waals surface area contributed by atoms with Gasteiger partial charge in [-0.2, -0.15) is 0 Å². The van der Waals surface area contributed by atoms with Crippen LogP contribution in [-0.2, 0) is 41.2 Å². The molecule has 0 radical (unpaired) electrons. The number of unbranched alkanes of at least 4 members (excludes halogenated alkanes) is 2. The van der Waals surface area contributed by atoms with Crippen molar-refractivity contribution in [2.24, 2.45) is 5.73 Å². The van der Waals surface area contributed by atoms with Crippen LogP contribution in [0.25, 0.3) is 0 Å². The summed E-state index contributed by atoms with van der Waals surface area (Å²) < 4.78 is 6.24. The molecule has 2 aromatic carbocycles. The van der Waals surface area contributed by atoms with Gasteiger partial charge in [0.25, 0.3) is 0 Å². The SMILES string of the molecule is C[C@@H](O[Si](C)(C)C(C)(C)C)C(=O)CCCCC[C@H](N)C(=O)N[C@@H](Cc1ccccc1)C(=O)N[C@@H](Cc1ccccc1)C(=O)N1CCC[C@@H]1C(=O)O. The molecule has 0 bridgehead atoms. The van der Waals surface area contributed by atoms with Crippen molar-refractivity contribution in [3.8, 4) is 0 Å². The molecule has 0 unspecified atom stereocenters. The fraction of sp³-hybridized carbons (Fsp3) is 0.564. The first-order valence-corrected chi connectivity index (χ1v) is 21.1. The number of nitrogens with one attached hydrogen (secondary N) is 2. The highest BCUT2D eigenvalue weighted by atomic mass is 28.4. The monoisotopic (exact) mass is 722 g/mol. The second-order valence-corrected chi connectivity index (χ2v) is 20.0. The molecule has 1 aliphatic rings. The highest BCUT2D eigenvalue weighted by Crippen LogP contribution is 2.37. The van der Waals surface area contributed by atoms with Crippen LogP contribution in [0.5, 0.6) is 0 Å². The number of aliphatic carboxylic acids is 1. The van der Waals surface area contributed by atoms with Crippen molar-refractivity contribution in [3.05, 3.63) is 71.8 Å². The molecule has 51 heavy (non-hydrogen) atoms. The Labute approximate surface area is 304 Å². The van der Waals surface area contributed by atoms with Crippen LogP contribution < -0.4 is 16.4 Å². The average Bonchev–Trinajstić information content (AvgIpc) is 3.58. The van der Waals surface area contributed by atoms with Crippen LogP contribution in [0.1, 0.15) is 83.8 Å². The van der Waals surface area contributed by atoms with Gasteiger partial charge in [0, 0.05) is 25.8 Å². The summed E-state index contributed by atoms with van der Waals surface area (Å²) in [5, 5.41) is 15.4. The summed E-state index contributed by atoms with van der Waals surface area (Å²) >= 11 is 0. The molecular formula is C39H58N4O7Si. The molecule has 0 spiro atoms. The predicted molar refractivity (Wildman–Crippen MR) is 200 cm³/mol. The van der Waals surface area contributed by atoms with E-state index in [2.05, 4.69) is 44.5 Å². The number of carboxylic acids is 1. The van der Waals surface area contributed by atoms with E-state index in [0.29, 0.717) is 44.9 Å². The van der Waals surface area contributed by atoms with E-state index in [9.17, 15) is 29.1 Å². The summed E-state index contributed by atoms with van der Waals surface area (Å²) in [5.41, 5.74) is 7.90. The molecule has 5 atom stereocenters. The molecule has 1 fully saturated rings. The topological polar surface area (TPSA) is 168 Å². The Kier molecular flexibility index (Phi) is 15.6. The minimum atomic E-state index is -2.06. The number of carbonyl (C=O) groups excluding carboxylic acids is 4. The van der Waals surface area contributed by atoms with Crippen LogP contribution >= 0.6 is 0 Å². The standard InChI is InChI=1S/C39H58N4O7Si/c1-27(50-51(5,6)39(2,3)4)34(44)23-15-9-14-21-30(40)35(45)41-31(25-28-17-10-7-11-18-28)36(46)42-32(26-29-19-12-8-13-20-29)37(47)43-24-16-22-33(43)38(48)49/h7-8,10-13,17-20,27,30-33H,9,14-16,21-26,40H2,1-6H3,(H,41,45)(H,42,46)(H,48,49)/t27-,30+,31+,32+,33-/m1/s1. The van der Waals surface area contributed by atoms with Gasteiger partial charge in [0.1, 0.15) is 24.2 Å². The van der Waals surface area contributed by atoms with E-state index in [1.165, 1.54) is 4.90 Å². The zero-order valence-corrected chi connectivity index (χ0v) is 32.2. The number of ketones is 1. The Bertz CT molecular complexity index is 1460. The lowest BCUT2D eigenvalue weighted by molar-refractivity contribution is -0.149. The molecule has 1 saturated heterocycles. The Morgan fingerprint density at radius 1 is 0.882 bits per heavy atom. The van der Waals surface area contributed by atoms with Crippen molar-refractivity contribution < 1.29 is 33.5 Å². The molecule has 0 aromatic heterocycles. The number of hydrogen-bond acceptors (Lipinski definition) is 7. The van der Waals surface area contributed by atoms with Gasteiger partial charge < -0.3 is 30.8 Å². The average molecular weight is 723 g/mol. The third-order valence-corrected chi connectivity index (χ3v) is 14.7. The quantitative estimate of drug-likeness (QED) is 0.119. The summed E-state index contributed by atoms with van der Waals surface area (Å²) in [6.07, 6.45) is 3.53. The van der Waals surface area contributed by atoms with Crippen LogP contribution in [-0.4, -0.2) is 84.6 Å². The summed E-state index contributed by atoms with van der Waals surface area (Å²) in [6.45, 7) is 12.8. The summed E-state index contributed by atoms with van der Waals surface area (Å²) in [7, 11) is -2.06. The zero-order valence-electron chi connectivity index (χ0n) is 31.2. The van der Waals surface area contributed by atoms with Gasteiger partial charge in [0.15, 0.2) is 14.1 Å². The zero-order chi connectivity index (χ0) is 37.8. The lowest BCUT2D eigenvalue weighted by Gasteiger charge is -2.38. The first kappa shape index (κ1) is 41.5. The van der Waals surface area contributed by atoms with E-state index < -0.39 is 62.3 Å². The van der Waals surface area contributed by atoms with Crippen LogP contribution in [0.3, 0.4) is 0 Å². The van der Waals surface area contributed by atoms with Crippen LogP contribution in [0.4, 0.5) is 0 Å². The van der Waals surface area contributed by atoms with E-state index in [1.807, 2.05) is 67.6 Å². The third-order valence-electron chi connectivity index (χ3n) is 10.1. The number of Topliss-reactive ketones (excluding diaryl/α,β-unsaturated/α-hetero) is 1. The van der Waals surface area contributed by atoms with Gasteiger partial charge in [-0.3, -0.25) is 19.2 Å². The molecule has 11 nitrogen and oxygen atoms in total. The van der Waals surface area contributed by atoms with Gasteiger partial charge in [0.2, 0.25) is 17.7 Å². The van der Waals surface area contributed by atoms with E-state index >= 15 is 0 Å². The predicted octanol–water partition coefficient (Wildman–Crippen LogP) is 4.77. The number of carboxylic acid groups (broad SMARTS) is 1. The number of benzene rings is 2. The number of amides is 3. The maximum absolute atomic E-state index is 13.9. The molecule has 3 rings (SSSR count). The second-order valence-electron chi connectivity index (χ2n) is 15.2. The van der Waals surface area contributed by atoms with Crippen LogP contribution in [0.15, 0.2) is 60.7 Å². The van der Waals surface area contributed by atoms with Crippen molar-refractivity contribution in [2.75, 3.05) is 6.54 Å². The second kappa shape index (κ2) is 19.1. The molecular weight excluding hydrogens is 665 g/mol. The van der Waals surface area contributed by atoms with Crippen molar-refractivity contribution in [2.45, 2.75) is 134 Å². The number of nitrogens with zero attached hydrogens (tertiary/aromatic N) is 1. The fourth-order valence-electron chi connectivity index (χ4n) is 6.01. The van der Waals surface area contributed by atoms with Gasteiger partial charge in [-0.1, -0.05) is 94.3 Å². The van der Waals surface area contributed by atoms with Gasteiger partial charge in [-0.05, 0) is 61.9 Å². The lowest BCUT2D eigenvalue weighted by Crippen LogP contribution is -2.58. The Morgan fingerprint density at radius 2 is 1.43 bits per heavy atom. The molecule has 2 aromatic rings. The first-order valence-electron chi connectivity index (χ1n) is 18.2. The Hall–Kier alpha value is -3.87. The summed E-state index contributed by atoms with van der Waals surface area (Å²) in [5.74, 6) is -2.53. The van der Waals surface area contributed by atoms with Gasteiger partial charge >= 0.3 is 5.97 Å². The van der Waals surface area contributed by atoms with E-state index in [-0.39, 0.29) is 30.2 Å². The van der Waals surface area contributed by atoms with Gasteiger partial charge in [-0.25, -0.2) is 4.79 Å². The molecule has 280 valence electrons. The van der Waals surface area contributed by atoms with E-state index in [1.54, 1.807) is 0 Å². The Balaban J connectivity index is 1.63. The normalized spacial score (nSPS) is 17.2. The molecule has 12 heteroatoms. The van der Waals surface area contributed by atoms with Crippen molar-refractivity contribution in [3.63, 3.8) is 0 Å². The first-order chi connectivity index (χ1) is 24.0. The minimum absolute atomic E-state index is 0.0134. The number of carbonyl (C=O) groups is 5. The van der Waals surface area contributed by atoms with Crippen LogP contribution in [0.2, 0.25) is 18.1 Å². The van der Waals surface area contributed by atoms with Gasteiger partial charge in [-0.15, -0.1) is 0 Å². The maximum atomic E-state index is 13.9. The molecule has 5 N–H and O–H groups in total. The molecule has 3 amide bonds. The van der Waals surface area contributed by atoms with E-state index in [0.717, 1.165) is 11.1 Å². The molecule has 0 aliphatic carbocycles. The van der Waals surface area contributed by atoms with Crippen LogP contribution in [0, 0.1) is 0 Å². The third kappa shape index (κ3) is 12.7. The Morgan fingerprint density at radius 3 is 1.98 bits per heavy atom. The van der Waals surface area contributed by atoms with Gasteiger partial charge in [0.05, 0.1) is 6.04 Å².